The molecule has 0 atom stereocenters. The quantitative estimate of drug-likeness (QED) is 0.832. The van der Waals surface area contributed by atoms with Gasteiger partial charge < -0.3 is 9.88 Å². The van der Waals surface area contributed by atoms with E-state index in [1.807, 2.05) is 0 Å². The summed E-state index contributed by atoms with van der Waals surface area (Å²) in [7, 11) is 4.24. The van der Waals surface area contributed by atoms with Gasteiger partial charge in [0.25, 0.3) is 0 Å². The van der Waals surface area contributed by atoms with Gasteiger partial charge in [0.15, 0.2) is 0 Å². The lowest BCUT2D eigenvalue weighted by molar-refractivity contribution is 0.400. The van der Waals surface area contributed by atoms with Crippen LogP contribution in [0, 0.1) is 6.92 Å². The van der Waals surface area contributed by atoms with Crippen molar-refractivity contribution in [1.82, 2.24) is 9.88 Å². The molecule has 0 spiro atoms. The van der Waals surface area contributed by atoms with Gasteiger partial charge in [-0.2, -0.15) is 0 Å². The largest absolute Gasteiger partial charge is 0.358 e. The molecule has 0 aliphatic heterocycles. The fourth-order valence-corrected chi connectivity index (χ4v) is 2.03. The number of nitrogens with zero attached hydrogens (tertiary/aromatic N) is 1. The fourth-order valence-electron chi connectivity index (χ4n) is 2.03. The predicted molar refractivity (Wildman–Crippen MR) is 69.9 cm³/mol. The van der Waals surface area contributed by atoms with Gasteiger partial charge in [-0.15, -0.1) is 0 Å². The summed E-state index contributed by atoms with van der Waals surface area (Å²) in [6.45, 7) is 3.28. The molecule has 1 heterocycles. The van der Waals surface area contributed by atoms with E-state index in [-0.39, 0.29) is 0 Å². The van der Waals surface area contributed by atoms with Crippen molar-refractivity contribution in [2.24, 2.45) is 0 Å². The summed E-state index contributed by atoms with van der Waals surface area (Å²) in [5.41, 5.74) is 3.93. The Kier molecular flexibility index (Phi) is 3.30. The number of hydrogen-bond acceptors (Lipinski definition) is 1. The number of rotatable bonds is 4. The van der Waals surface area contributed by atoms with Crippen LogP contribution in [0.3, 0.4) is 0 Å². The number of H-pyrrole nitrogens is 1. The van der Waals surface area contributed by atoms with Crippen LogP contribution < -0.4 is 0 Å². The van der Waals surface area contributed by atoms with Gasteiger partial charge in [0.05, 0.1) is 0 Å². The minimum absolute atomic E-state index is 1.13. The average molecular weight is 216 g/mol. The van der Waals surface area contributed by atoms with Gasteiger partial charge in [0.2, 0.25) is 0 Å². The van der Waals surface area contributed by atoms with E-state index in [1.165, 1.54) is 28.6 Å². The maximum atomic E-state index is 3.48. The van der Waals surface area contributed by atoms with E-state index >= 15 is 0 Å². The lowest BCUT2D eigenvalue weighted by atomic mass is 10.1. The third-order valence-electron chi connectivity index (χ3n) is 2.88. The van der Waals surface area contributed by atoms with Crippen LogP contribution in [0.1, 0.15) is 17.7 Å². The maximum Gasteiger partial charge on any atom is 0.0456 e. The first-order chi connectivity index (χ1) is 7.65. The van der Waals surface area contributed by atoms with E-state index < -0.39 is 0 Å². The van der Waals surface area contributed by atoms with E-state index in [0.717, 1.165) is 13.0 Å². The highest BCUT2D eigenvalue weighted by atomic mass is 15.0. The molecule has 2 heteroatoms. The molecule has 1 aromatic heterocycles. The number of hydrogen-bond donors (Lipinski definition) is 1. The van der Waals surface area contributed by atoms with E-state index in [9.17, 15) is 0 Å². The monoisotopic (exact) mass is 216 g/mol. The molecule has 16 heavy (non-hydrogen) atoms. The molecule has 0 amide bonds. The van der Waals surface area contributed by atoms with Crippen molar-refractivity contribution in [3.8, 4) is 0 Å². The van der Waals surface area contributed by atoms with Gasteiger partial charge in [-0.05, 0) is 64.0 Å². The topological polar surface area (TPSA) is 19.0 Å². The van der Waals surface area contributed by atoms with Gasteiger partial charge >= 0.3 is 0 Å². The van der Waals surface area contributed by atoms with Crippen molar-refractivity contribution in [2.45, 2.75) is 19.8 Å². The molecule has 0 radical (unpaired) electrons. The SMILES string of the molecule is Cc1ccc2[nH]c(CCCN(C)C)cc2c1. The molecule has 0 fully saturated rings. The minimum Gasteiger partial charge on any atom is -0.358 e. The third kappa shape index (κ3) is 2.64. The Morgan fingerprint density at radius 3 is 2.75 bits per heavy atom. The Morgan fingerprint density at radius 2 is 2.00 bits per heavy atom. The average Bonchev–Trinajstić information content (AvgIpc) is 2.58. The zero-order valence-corrected chi connectivity index (χ0v) is 10.4. The van der Waals surface area contributed by atoms with Gasteiger partial charge in [0.1, 0.15) is 0 Å². The molecule has 0 saturated carbocycles. The summed E-state index contributed by atoms with van der Waals surface area (Å²) in [5.74, 6) is 0. The summed E-state index contributed by atoms with van der Waals surface area (Å²) < 4.78 is 0. The molecule has 0 saturated heterocycles. The van der Waals surface area contributed by atoms with E-state index in [0.29, 0.717) is 0 Å². The molecule has 2 aromatic rings. The highest BCUT2D eigenvalue weighted by Crippen LogP contribution is 2.17. The standard InChI is InChI=1S/C14H20N2/c1-11-6-7-14-12(9-11)10-13(15-14)5-4-8-16(2)3/h6-7,9-10,15H,4-5,8H2,1-3H3. The predicted octanol–water partition coefficient (Wildman–Crippen LogP) is 2.97. The molecular weight excluding hydrogens is 196 g/mol. The van der Waals surface area contributed by atoms with Gasteiger partial charge in [-0.1, -0.05) is 11.6 Å². The number of benzene rings is 1. The molecule has 0 aliphatic carbocycles. The summed E-state index contributed by atoms with van der Waals surface area (Å²) in [4.78, 5) is 5.71. The van der Waals surface area contributed by atoms with Crippen molar-refractivity contribution in [2.75, 3.05) is 20.6 Å². The Balaban J connectivity index is 2.08. The van der Waals surface area contributed by atoms with Crippen molar-refractivity contribution >= 4 is 10.9 Å². The summed E-state index contributed by atoms with van der Waals surface area (Å²) in [5, 5.41) is 1.33. The lowest BCUT2D eigenvalue weighted by Crippen LogP contribution is -2.13. The zero-order valence-electron chi connectivity index (χ0n) is 10.4. The van der Waals surface area contributed by atoms with Gasteiger partial charge in [-0.3, -0.25) is 0 Å². The molecule has 2 nitrogen and oxygen atoms in total. The second kappa shape index (κ2) is 4.71. The van der Waals surface area contributed by atoms with Crippen LogP contribution in [0.15, 0.2) is 24.3 Å². The molecule has 86 valence electrons. The number of nitrogens with one attached hydrogen (secondary N) is 1. The smallest absolute Gasteiger partial charge is 0.0456 e. The highest BCUT2D eigenvalue weighted by molar-refractivity contribution is 5.81. The van der Waals surface area contributed by atoms with Crippen molar-refractivity contribution in [3.05, 3.63) is 35.5 Å². The molecule has 2 rings (SSSR count). The number of aryl methyl sites for hydroxylation is 2. The summed E-state index contributed by atoms with van der Waals surface area (Å²) >= 11 is 0. The number of fused-ring (bicyclic) bond motifs is 1. The van der Waals surface area contributed by atoms with E-state index in [2.05, 4.69) is 55.2 Å². The lowest BCUT2D eigenvalue weighted by Gasteiger charge is -2.07. The molecule has 1 N–H and O–H groups in total. The summed E-state index contributed by atoms with van der Waals surface area (Å²) in [6.07, 6.45) is 2.34. The highest BCUT2D eigenvalue weighted by Gasteiger charge is 2.01. The molecule has 0 aliphatic rings. The Labute approximate surface area is 97.3 Å². The number of aromatic nitrogens is 1. The Hall–Kier alpha value is -1.28. The van der Waals surface area contributed by atoms with Crippen LogP contribution in [0.4, 0.5) is 0 Å². The van der Waals surface area contributed by atoms with Gasteiger partial charge in [-0.25, -0.2) is 0 Å². The minimum atomic E-state index is 1.13. The number of aromatic amines is 1. The molecule has 0 unspecified atom stereocenters. The summed E-state index contributed by atoms with van der Waals surface area (Å²) in [6, 6.07) is 8.84. The second-order valence-corrected chi connectivity index (χ2v) is 4.79. The Bertz CT molecular complexity index is 469. The first-order valence-corrected chi connectivity index (χ1v) is 5.88. The normalized spacial score (nSPS) is 11.5. The van der Waals surface area contributed by atoms with Crippen LogP contribution >= 0.6 is 0 Å². The third-order valence-corrected chi connectivity index (χ3v) is 2.88. The fraction of sp³-hybridized carbons (Fsp3) is 0.429. The van der Waals surface area contributed by atoms with Crippen LogP contribution in [0.5, 0.6) is 0 Å². The molecular formula is C14H20N2. The van der Waals surface area contributed by atoms with Crippen LogP contribution in [-0.2, 0) is 6.42 Å². The molecule has 0 bridgehead atoms. The van der Waals surface area contributed by atoms with Crippen molar-refractivity contribution in [3.63, 3.8) is 0 Å². The zero-order chi connectivity index (χ0) is 11.5. The van der Waals surface area contributed by atoms with Crippen molar-refractivity contribution in [1.29, 1.82) is 0 Å². The van der Waals surface area contributed by atoms with Crippen LogP contribution in [-0.4, -0.2) is 30.5 Å². The first-order valence-electron chi connectivity index (χ1n) is 5.88. The van der Waals surface area contributed by atoms with E-state index in [1.54, 1.807) is 0 Å². The first kappa shape index (κ1) is 11.2. The van der Waals surface area contributed by atoms with Crippen LogP contribution in [0.25, 0.3) is 10.9 Å². The molecule has 1 aromatic carbocycles. The Morgan fingerprint density at radius 1 is 1.19 bits per heavy atom. The maximum absolute atomic E-state index is 3.48. The second-order valence-electron chi connectivity index (χ2n) is 4.79. The van der Waals surface area contributed by atoms with Gasteiger partial charge in [0, 0.05) is 11.2 Å². The van der Waals surface area contributed by atoms with Crippen LogP contribution in [0.2, 0.25) is 0 Å². The van der Waals surface area contributed by atoms with Crippen molar-refractivity contribution < 1.29 is 0 Å². The van der Waals surface area contributed by atoms with E-state index in [4.69, 9.17) is 0 Å².